The van der Waals surface area contributed by atoms with E-state index in [9.17, 15) is 9.59 Å². The lowest BCUT2D eigenvalue weighted by Gasteiger charge is -2.14. The van der Waals surface area contributed by atoms with E-state index >= 15 is 0 Å². The van der Waals surface area contributed by atoms with E-state index < -0.39 is 0 Å². The van der Waals surface area contributed by atoms with Crippen LogP contribution >= 0.6 is 24.0 Å². The zero-order chi connectivity index (χ0) is 23.4. The van der Waals surface area contributed by atoms with Crippen molar-refractivity contribution in [2.45, 2.75) is 13.8 Å². The van der Waals surface area contributed by atoms with Crippen LogP contribution in [0.4, 0.5) is 11.4 Å². The van der Waals surface area contributed by atoms with Gasteiger partial charge in [-0.25, -0.2) is 0 Å². The average Bonchev–Trinajstić information content (AvgIpc) is 3.09. The van der Waals surface area contributed by atoms with Crippen molar-refractivity contribution in [3.05, 3.63) is 94.4 Å². The first-order valence-electron chi connectivity index (χ1n) is 10.3. The Labute approximate surface area is 202 Å². The Hall–Kier alpha value is -3.42. The monoisotopic (exact) mass is 474 g/mol. The molecular weight excluding hydrogens is 452 g/mol. The number of thioether (sulfide) groups is 1. The third-order valence-corrected chi connectivity index (χ3v) is 6.42. The maximum absolute atomic E-state index is 13.0. The molecule has 4 rings (SSSR count). The summed E-state index contributed by atoms with van der Waals surface area (Å²) in [4.78, 5) is 27.5. The van der Waals surface area contributed by atoms with Crippen molar-refractivity contribution >= 4 is 57.6 Å². The van der Waals surface area contributed by atoms with Gasteiger partial charge in [-0.1, -0.05) is 78.6 Å². The minimum absolute atomic E-state index is 0.149. The molecule has 3 aromatic carbocycles. The molecule has 0 aromatic heterocycles. The minimum atomic E-state index is -0.252. The van der Waals surface area contributed by atoms with Crippen molar-refractivity contribution in [3.8, 4) is 5.75 Å². The van der Waals surface area contributed by atoms with Crippen LogP contribution in [0.1, 0.15) is 16.7 Å². The normalized spacial score (nSPS) is 14.6. The molecule has 0 unspecified atom stereocenters. The Bertz CT molecular complexity index is 1240. The predicted octanol–water partition coefficient (Wildman–Crippen LogP) is 5.73. The molecule has 166 valence electrons. The van der Waals surface area contributed by atoms with Gasteiger partial charge >= 0.3 is 0 Å². The van der Waals surface area contributed by atoms with Crippen molar-refractivity contribution in [1.82, 2.24) is 0 Å². The molecule has 5 nitrogen and oxygen atoms in total. The van der Waals surface area contributed by atoms with E-state index in [1.54, 1.807) is 12.1 Å². The third kappa shape index (κ3) is 5.16. The molecule has 2 amide bonds. The fourth-order valence-corrected chi connectivity index (χ4v) is 4.76. The largest absolute Gasteiger partial charge is 0.483 e. The van der Waals surface area contributed by atoms with E-state index in [1.807, 2.05) is 80.6 Å². The average molecular weight is 475 g/mol. The molecule has 0 atom stereocenters. The Morgan fingerprint density at radius 2 is 1.67 bits per heavy atom. The van der Waals surface area contributed by atoms with Crippen LogP contribution in [0, 0.1) is 13.8 Å². The smallest absolute Gasteiger partial charge is 0.270 e. The second-order valence-corrected chi connectivity index (χ2v) is 9.17. The summed E-state index contributed by atoms with van der Waals surface area (Å²) in [7, 11) is 0. The number of hydrogen-bond donors (Lipinski definition) is 1. The molecule has 33 heavy (non-hydrogen) atoms. The molecule has 0 bridgehead atoms. The number of benzene rings is 3. The van der Waals surface area contributed by atoms with Gasteiger partial charge in [0.05, 0.1) is 10.6 Å². The van der Waals surface area contributed by atoms with Gasteiger partial charge in [-0.3, -0.25) is 14.5 Å². The van der Waals surface area contributed by atoms with Gasteiger partial charge in [-0.15, -0.1) is 0 Å². The second-order valence-electron chi connectivity index (χ2n) is 7.49. The highest BCUT2D eigenvalue weighted by Gasteiger charge is 2.33. The van der Waals surface area contributed by atoms with E-state index in [0.717, 1.165) is 22.5 Å². The van der Waals surface area contributed by atoms with Gasteiger partial charge in [-0.2, -0.15) is 0 Å². The van der Waals surface area contributed by atoms with E-state index in [-0.39, 0.29) is 18.4 Å². The zero-order valence-corrected chi connectivity index (χ0v) is 19.8. The van der Waals surface area contributed by atoms with Crippen LogP contribution < -0.4 is 15.0 Å². The fourth-order valence-electron chi connectivity index (χ4n) is 3.47. The quantitative estimate of drug-likeness (QED) is 0.365. The molecule has 1 aliphatic rings. The molecular formula is C26H22N2O3S2. The van der Waals surface area contributed by atoms with Gasteiger partial charge in [-0.05, 0) is 49.2 Å². The Balaban J connectivity index is 1.49. The van der Waals surface area contributed by atoms with Crippen molar-refractivity contribution in [2.24, 2.45) is 0 Å². The first-order chi connectivity index (χ1) is 15.9. The van der Waals surface area contributed by atoms with E-state index in [2.05, 4.69) is 5.32 Å². The summed E-state index contributed by atoms with van der Waals surface area (Å²) in [6.45, 7) is 3.75. The maximum Gasteiger partial charge on any atom is 0.270 e. The molecule has 1 saturated heterocycles. The van der Waals surface area contributed by atoms with Crippen LogP contribution in [0.3, 0.4) is 0 Å². The number of carbonyl (C=O) groups is 2. The van der Waals surface area contributed by atoms with Crippen LogP contribution in [0.15, 0.2) is 77.7 Å². The number of rotatable bonds is 6. The summed E-state index contributed by atoms with van der Waals surface area (Å²) in [5, 5.41) is 2.92. The summed E-state index contributed by atoms with van der Waals surface area (Å²) < 4.78 is 6.29. The summed E-state index contributed by atoms with van der Waals surface area (Å²) in [5.41, 5.74) is 4.21. The highest BCUT2D eigenvalue weighted by Crippen LogP contribution is 2.37. The molecule has 0 spiro atoms. The SMILES string of the molecule is Cc1cccc(C)c1NC(=O)COc1ccccc1/C=C1\SC(=S)N(c2ccccc2)C1=O. The van der Waals surface area contributed by atoms with Crippen molar-refractivity contribution in [3.63, 3.8) is 0 Å². The number of para-hydroxylation sites is 3. The fraction of sp³-hybridized carbons (Fsp3) is 0.115. The topological polar surface area (TPSA) is 58.6 Å². The molecule has 1 aliphatic heterocycles. The summed E-state index contributed by atoms with van der Waals surface area (Å²) >= 11 is 6.68. The second kappa shape index (κ2) is 10.0. The molecule has 7 heteroatoms. The third-order valence-electron chi connectivity index (χ3n) is 5.12. The number of ether oxygens (including phenoxy) is 1. The summed E-state index contributed by atoms with van der Waals surface area (Å²) in [6, 6.07) is 22.5. The van der Waals surface area contributed by atoms with Gasteiger partial charge < -0.3 is 10.1 Å². The number of thiocarbonyl (C=S) groups is 1. The lowest BCUT2D eigenvalue weighted by molar-refractivity contribution is -0.118. The van der Waals surface area contributed by atoms with Gasteiger partial charge in [0.15, 0.2) is 10.9 Å². The number of nitrogens with zero attached hydrogens (tertiary/aromatic N) is 1. The number of carbonyl (C=O) groups excluding carboxylic acids is 2. The zero-order valence-electron chi connectivity index (χ0n) is 18.2. The Morgan fingerprint density at radius 3 is 2.39 bits per heavy atom. The first-order valence-corrected chi connectivity index (χ1v) is 11.6. The minimum Gasteiger partial charge on any atom is -0.483 e. The number of nitrogens with one attached hydrogen (secondary N) is 1. The van der Waals surface area contributed by atoms with Gasteiger partial charge in [0.2, 0.25) is 0 Å². The van der Waals surface area contributed by atoms with Crippen molar-refractivity contribution in [2.75, 3.05) is 16.8 Å². The number of aryl methyl sites for hydroxylation is 2. The molecule has 1 N–H and O–H groups in total. The summed E-state index contributed by atoms with van der Waals surface area (Å²) in [6.07, 6.45) is 1.75. The lowest BCUT2D eigenvalue weighted by atomic mass is 10.1. The van der Waals surface area contributed by atoms with Gasteiger partial charge in [0.1, 0.15) is 5.75 Å². The summed E-state index contributed by atoms with van der Waals surface area (Å²) in [5.74, 6) is 0.0792. The van der Waals surface area contributed by atoms with E-state index in [0.29, 0.717) is 20.5 Å². The molecule has 0 radical (unpaired) electrons. The molecule has 0 saturated carbocycles. The van der Waals surface area contributed by atoms with Gasteiger partial charge in [0.25, 0.3) is 11.8 Å². The maximum atomic E-state index is 13.0. The van der Waals surface area contributed by atoms with Crippen LogP contribution in [-0.2, 0) is 9.59 Å². The molecule has 1 heterocycles. The van der Waals surface area contributed by atoms with Gasteiger partial charge in [0, 0.05) is 11.3 Å². The molecule has 1 fully saturated rings. The van der Waals surface area contributed by atoms with Crippen molar-refractivity contribution in [1.29, 1.82) is 0 Å². The highest BCUT2D eigenvalue weighted by molar-refractivity contribution is 8.27. The van der Waals surface area contributed by atoms with Crippen molar-refractivity contribution < 1.29 is 14.3 Å². The van der Waals surface area contributed by atoms with E-state index in [4.69, 9.17) is 17.0 Å². The molecule has 3 aromatic rings. The van der Waals surface area contributed by atoms with E-state index in [1.165, 1.54) is 16.7 Å². The first kappa shape index (κ1) is 22.8. The standard InChI is InChI=1S/C26H22N2O3S2/c1-17-9-8-10-18(2)24(17)27-23(29)16-31-21-14-7-6-11-19(21)15-22-25(30)28(26(32)33-22)20-12-4-3-5-13-20/h3-15H,16H2,1-2H3,(H,27,29)/b22-15-. The molecule has 0 aliphatic carbocycles. The Kier molecular flexibility index (Phi) is 6.91. The number of anilines is 2. The highest BCUT2D eigenvalue weighted by atomic mass is 32.2. The number of amides is 2. The predicted molar refractivity (Wildman–Crippen MR) is 139 cm³/mol. The van der Waals surface area contributed by atoms with Crippen LogP contribution in [0.25, 0.3) is 6.08 Å². The van der Waals surface area contributed by atoms with Crippen LogP contribution in [0.5, 0.6) is 5.75 Å². The number of hydrogen-bond acceptors (Lipinski definition) is 5. The van der Waals surface area contributed by atoms with Crippen LogP contribution in [-0.4, -0.2) is 22.7 Å². The lowest BCUT2D eigenvalue weighted by Crippen LogP contribution is -2.27. The Morgan fingerprint density at radius 1 is 1.00 bits per heavy atom. The van der Waals surface area contributed by atoms with Crippen LogP contribution in [0.2, 0.25) is 0 Å².